The molecule has 0 bridgehead atoms. The molecule has 0 aliphatic carbocycles. The van der Waals surface area contributed by atoms with Gasteiger partial charge in [0.25, 0.3) is 0 Å². The molecule has 2 aromatic rings. The molecule has 26 heavy (non-hydrogen) atoms. The van der Waals surface area contributed by atoms with Gasteiger partial charge in [0.15, 0.2) is 5.96 Å². The summed E-state index contributed by atoms with van der Waals surface area (Å²) in [6, 6.07) is 7.39. The van der Waals surface area contributed by atoms with Crippen LogP contribution >= 0.6 is 35.6 Å². The Morgan fingerprint density at radius 1 is 1.35 bits per heavy atom. The molecule has 1 saturated heterocycles. The second-order valence-corrected chi connectivity index (χ2v) is 7.51. The maximum Gasteiger partial charge on any atom is 0.228 e. The van der Waals surface area contributed by atoms with E-state index in [2.05, 4.69) is 39.2 Å². The predicted molar refractivity (Wildman–Crippen MR) is 115 cm³/mol. The number of benzene rings is 1. The van der Waals surface area contributed by atoms with Crippen molar-refractivity contribution in [1.29, 1.82) is 0 Å². The van der Waals surface area contributed by atoms with Crippen molar-refractivity contribution in [1.82, 2.24) is 20.4 Å². The highest BCUT2D eigenvalue weighted by atomic mass is 127. The highest BCUT2D eigenvalue weighted by Gasteiger charge is 2.30. The number of nitrogens with zero attached hydrogens (tertiary/aromatic N) is 4. The number of hydrogen-bond donors (Lipinski definition) is 1. The molecular formula is C18H25ClIN5O. The summed E-state index contributed by atoms with van der Waals surface area (Å²) in [5.74, 6) is 2.12. The molecule has 0 unspecified atom stereocenters. The minimum atomic E-state index is 0. The molecule has 1 aliphatic rings. The van der Waals surface area contributed by atoms with E-state index < -0.39 is 0 Å². The smallest absolute Gasteiger partial charge is 0.228 e. The topological polar surface area (TPSA) is 66.5 Å². The number of likely N-dealkylation sites (tertiary alicyclic amines) is 1. The lowest BCUT2D eigenvalue weighted by atomic mass is 9.93. The number of aliphatic imine (C=N–C) groups is 1. The lowest BCUT2D eigenvalue weighted by Crippen LogP contribution is -2.41. The fraction of sp³-hybridized carbons (Fsp3) is 0.500. The van der Waals surface area contributed by atoms with Gasteiger partial charge in [-0.1, -0.05) is 30.6 Å². The van der Waals surface area contributed by atoms with Crippen molar-refractivity contribution in [3.05, 3.63) is 35.2 Å². The van der Waals surface area contributed by atoms with E-state index in [4.69, 9.17) is 16.1 Å². The fourth-order valence-corrected chi connectivity index (χ4v) is 3.11. The molecule has 0 radical (unpaired) electrons. The van der Waals surface area contributed by atoms with E-state index in [0.29, 0.717) is 35.1 Å². The molecule has 142 valence electrons. The zero-order valence-corrected chi connectivity index (χ0v) is 18.4. The van der Waals surface area contributed by atoms with Crippen LogP contribution in [0.2, 0.25) is 5.02 Å². The predicted octanol–water partition coefficient (Wildman–Crippen LogP) is 3.86. The van der Waals surface area contributed by atoms with Crippen LogP contribution in [-0.4, -0.2) is 47.7 Å². The first-order valence-electron chi connectivity index (χ1n) is 8.51. The minimum absolute atomic E-state index is 0. The molecule has 8 heteroatoms. The summed E-state index contributed by atoms with van der Waals surface area (Å²) in [5, 5.41) is 8.11. The van der Waals surface area contributed by atoms with Crippen LogP contribution in [0.15, 0.2) is 33.8 Å². The number of aromatic nitrogens is 2. The fourth-order valence-electron chi connectivity index (χ4n) is 2.98. The van der Waals surface area contributed by atoms with Crippen LogP contribution in [0, 0.1) is 5.41 Å². The third kappa shape index (κ3) is 5.33. The average Bonchev–Trinajstić information content (AvgIpc) is 3.19. The lowest BCUT2D eigenvalue weighted by molar-refractivity contribution is 0.366. The normalized spacial score (nSPS) is 16.5. The maximum absolute atomic E-state index is 5.90. The van der Waals surface area contributed by atoms with Gasteiger partial charge in [0, 0.05) is 43.7 Å². The quantitative estimate of drug-likeness (QED) is 0.401. The van der Waals surface area contributed by atoms with E-state index in [0.717, 1.165) is 24.6 Å². The number of halogens is 2. The van der Waals surface area contributed by atoms with E-state index in [-0.39, 0.29) is 24.0 Å². The van der Waals surface area contributed by atoms with Crippen molar-refractivity contribution in [2.24, 2.45) is 10.4 Å². The van der Waals surface area contributed by atoms with E-state index in [1.54, 1.807) is 0 Å². The Morgan fingerprint density at radius 3 is 2.69 bits per heavy atom. The largest absolute Gasteiger partial charge is 0.356 e. The number of nitrogens with one attached hydrogen (secondary N) is 1. The van der Waals surface area contributed by atoms with Crippen molar-refractivity contribution in [2.75, 3.05) is 26.7 Å². The van der Waals surface area contributed by atoms with Gasteiger partial charge in [0.1, 0.15) is 0 Å². The van der Waals surface area contributed by atoms with Crippen LogP contribution < -0.4 is 5.32 Å². The highest BCUT2D eigenvalue weighted by Crippen LogP contribution is 2.28. The Kier molecular flexibility index (Phi) is 7.28. The lowest BCUT2D eigenvalue weighted by Gasteiger charge is -2.23. The first-order chi connectivity index (χ1) is 12.0. The second kappa shape index (κ2) is 9.03. The molecule has 0 spiro atoms. The molecule has 1 aliphatic heterocycles. The maximum atomic E-state index is 5.90. The number of rotatable bonds is 4. The molecule has 3 rings (SSSR count). The SMILES string of the molecule is CN=C(NCCc1nc(-c2ccc(Cl)cc2)no1)N1CCC(C)(C)C1.I. The summed E-state index contributed by atoms with van der Waals surface area (Å²) in [6.45, 7) is 7.34. The molecule has 1 aromatic heterocycles. The van der Waals surface area contributed by atoms with Crippen molar-refractivity contribution in [2.45, 2.75) is 26.7 Å². The summed E-state index contributed by atoms with van der Waals surface area (Å²) < 4.78 is 5.34. The first kappa shape index (κ1) is 21.0. The Labute approximate surface area is 176 Å². The minimum Gasteiger partial charge on any atom is -0.356 e. The van der Waals surface area contributed by atoms with E-state index in [1.807, 2.05) is 31.3 Å². The van der Waals surface area contributed by atoms with Crippen molar-refractivity contribution >= 4 is 41.5 Å². The van der Waals surface area contributed by atoms with Crippen molar-refractivity contribution in [3.8, 4) is 11.4 Å². The average molecular weight is 490 g/mol. The summed E-state index contributed by atoms with van der Waals surface area (Å²) in [6.07, 6.45) is 1.83. The van der Waals surface area contributed by atoms with E-state index in [1.165, 1.54) is 6.42 Å². The van der Waals surface area contributed by atoms with Crippen molar-refractivity contribution < 1.29 is 4.52 Å². The van der Waals surface area contributed by atoms with Gasteiger partial charge in [-0.15, -0.1) is 24.0 Å². The molecule has 6 nitrogen and oxygen atoms in total. The Bertz CT molecular complexity index is 744. The molecular weight excluding hydrogens is 465 g/mol. The zero-order chi connectivity index (χ0) is 17.9. The number of hydrogen-bond acceptors (Lipinski definition) is 4. The summed E-state index contributed by atoms with van der Waals surface area (Å²) in [7, 11) is 1.82. The zero-order valence-electron chi connectivity index (χ0n) is 15.3. The molecule has 0 saturated carbocycles. The van der Waals surface area contributed by atoms with Crippen LogP contribution in [0.4, 0.5) is 0 Å². The van der Waals surface area contributed by atoms with Gasteiger partial charge in [0.05, 0.1) is 0 Å². The molecule has 2 heterocycles. The van der Waals surface area contributed by atoms with Crippen LogP contribution in [0.1, 0.15) is 26.2 Å². The molecule has 0 atom stereocenters. The first-order valence-corrected chi connectivity index (χ1v) is 8.89. The van der Waals surface area contributed by atoms with Crippen LogP contribution in [0.3, 0.4) is 0 Å². The van der Waals surface area contributed by atoms with Gasteiger partial charge in [-0.2, -0.15) is 4.98 Å². The summed E-state index contributed by atoms with van der Waals surface area (Å²) in [5.41, 5.74) is 1.24. The van der Waals surface area contributed by atoms with Crippen LogP contribution in [-0.2, 0) is 6.42 Å². The third-order valence-corrected chi connectivity index (χ3v) is 4.63. The molecule has 1 fully saturated rings. The van der Waals surface area contributed by atoms with Gasteiger partial charge < -0.3 is 14.7 Å². The van der Waals surface area contributed by atoms with Crippen LogP contribution in [0.5, 0.6) is 0 Å². The van der Waals surface area contributed by atoms with Gasteiger partial charge in [0.2, 0.25) is 11.7 Å². The van der Waals surface area contributed by atoms with E-state index >= 15 is 0 Å². The van der Waals surface area contributed by atoms with Gasteiger partial charge in [-0.25, -0.2) is 0 Å². The number of guanidine groups is 1. The summed E-state index contributed by atoms with van der Waals surface area (Å²) >= 11 is 5.90. The van der Waals surface area contributed by atoms with Crippen LogP contribution in [0.25, 0.3) is 11.4 Å². The second-order valence-electron chi connectivity index (χ2n) is 7.08. The van der Waals surface area contributed by atoms with Gasteiger partial charge in [-0.3, -0.25) is 4.99 Å². The Hall–Kier alpha value is -1.35. The Balaban J connectivity index is 0.00000243. The summed E-state index contributed by atoms with van der Waals surface area (Å²) in [4.78, 5) is 11.1. The van der Waals surface area contributed by atoms with E-state index in [9.17, 15) is 0 Å². The molecule has 1 aromatic carbocycles. The van der Waals surface area contributed by atoms with Gasteiger partial charge in [-0.05, 0) is 36.1 Å². The monoisotopic (exact) mass is 489 g/mol. The molecule has 0 amide bonds. The highest BCUT2D eigenvalue weighted by molar-refractivity contribution is 14.0. The standard InChI is InChI=1S/C18H24ClN5O.HI/c1-18(2)9-11-24(12-18)17(20-3)21-10-8-15-22-16(23-25-15)13-4-6-14(19)7-5-13;/h4-7H,8-12H2,1-3H3,(H,20,21);1H. The van der Waals surface area contributed by atoms with Gasteiger partial charge >= 0.3 is 0 Å². The van der Waals surface area contributed by atoms with Crippen molar-refractivity contribution in [3.63, 3.8) is 0 Å². The molecule has 1 N–H and O–H groups in total. The Morgan fingerprint density at radius 2 is 2.08 bits per heavy atom. The third-order valence-electron chi connectivity index (χ3n) is 4.38.